The number of nitrogens with two attached hydrogens (primary N) is 1. The smallest absolute Gasteiger partial charge is 0.176 e. The molecule has 0 radical (unpaired) electrons. The van der Waals surface area contributed by atoms with Crippen LogP contribution in [0.3, 0.4) is 0 Å². The monoisotopic (exact) mass is 207 g/mol. The number of hydrogen-bond donors (Lipinski definition) is 2. The lowest BCUT2D eigenvalue weighted by Crippen LogP contribution is -2.22. The topological polar surface area (TPSA) is 62.0 Å². The van der Waals surface area contributed by atoms with E-state index in [0.717, 1.165) is 5.56 Å². The molecular formula is C10H13N3O2. The summed E-state index contributed by atoms with van der Waals surface area (Å²) < 4.78 is 0. The number of hydroxylamine groups is 4. The fourth-order valence-corrected chi connectivity index (χ4v) is 1.31. The molecule has 0 amide bonds. The van der Waals surface area contributed by atoms with Crippen LogP contribution in [0.5, 0.6) is 0 Å². The van der Waals surface area contributed by atoms with Crippen molar-refractivity contribution in [1.82, 2.24) is 10.3 Å². The molecule has 0 spiro atoms. The van der Waals surface area contributed by atoms with Crippen LogP contribution < -0.4 is 5.73 Å². The van der Waals surface area contributed by atoms with Gasteiger partial charge in [0.15, 0.2) is 5.82 Å². The Balaban J connectivity index is 2.02. The van der Waals surface area contributed by atoms with E-state index in [1.807, 2.05) is 31.2 Å². The lowest BCUT2D eigenvalue weighted by Gasteiger charge is -2.15. The minimum Gasteiger partial charge on any atom is -0.380 e. The van der Waals surface area contributed by atoms with Crippen LogP contribution in [0.15, 0.2) is 36.3 Å². The molecule has 2 rings (SSSR count). The standard InChI is InChI=1S/C10H13N3O2/c1-8-2-4-9(5-3-8)6-12-7-10(11)13(14)15-12/h2-5,7,14H,6,11H2,1H3. The van der Waals surface area contributed by atoms with Gasteiger partial charge in [-0.05, 0) is 12.5 Å². The summed E-state index contributed by atoms with van der Waals surface area (Å²) in [6.07, 6.45) is 1.53. The van der Waals surface area contributed by atoms with Crippen LogP contribution in [-0.4, -0.2) is 15.5 Å². The minimum absolute atomic E-state index is 0.169. The molecule has 0 bridgehead atoms. The second-order valence-electron chi connectivity index (χ2n) is 3.47. The van der Waals surface area contributed by atoms with E-state index in [9.17, 15) is 0 Å². The second-order valence-corrected chi connectivity index (χ2v) is 3.47. The Morgan fingerprint density at radius 1 is 1.33 bits per heavy atom. The zero-order chi connectivity index (χ0) is 10.8. The number of rotatable bonds is 2. The molecule has 0 saturated heterocycles. The Bertz CT molecular complexity index is 375. The maximum absolute atomic E-state index is 9.07. The molecule has 0 atom stereocenters. The molecule has 0 unspecified atom stereocenters. The van der Waals surface area contributed by atoms with Crippen LogP contribution in [0.25, 0.3) is 0 Å². The summed E-state index contributed by atoms with van der Waals surface area (Å²) in [5, 5.41) is 11.1. The molecule has 0 saturated carbocycles. The van der Waals surface area contributed by atoms with Crippen LogP contribution in [0.4, 0.5) is 0 Å². The van der Waals surface area contributed by atoms with Crippen LogP contribution in [0.2, 0.25) is 0 Å². The summed E-state index contributed by atoms with van der Waals surface area (Å²) in [6, 6.07) is 8.05. The molecule has 80 valence electrons. The zero-order valence-electron chi connectivity index (χ0n) is 8.42. The maximum atomic E-state index is 9.07. The van der Waals surface area contributed by atoms with Gasteiger partial charge in [-0.25, -0.2) is 5.06 Å². The third-order valence-electron chi connectivity index (χ3n) is 2.14. The third-order valence-corrected chi connectivity index (χ3v) is 2.14. The molecule has 15 heavy (non-hydrogen) atoms. The first-order valence-electron chi connectivity index (χ1n) is 4.62. The van der Waals surface area contributed by atoms with E-state index >= 15 is 0 Å². The maximum Gasteiger partial charge on any atom is 0.176 e. The molecule has 1 aliphatic rings. The molecule has 1 aromatic rings. The normalized spacial score (nSPS) is 15.7. The summed E-state index contributed by atoms with van der Waals surface area (Å²) in [6.45, 7) is 2.57. The number of nitrogens with zero attached hydrogens (tertiary/aromatic N) is 2. The van der Waals surface area contributed by atoms with Gasteiger partial charge in [-0.3, -0.25) is 5.21 Å². The van der Waals surface area contributed by atoms with Crippen LogP contribution in [0.1, 0.15) is 11.1 Å². The Morgan fingerprint density at radius 3 is 2.53 bits per heavy atom. The first kappa shape index (κ1) is 9.82. The molecule has 0 fully saturated rings. The number of benzene rings is 1. The van der Waals surface area contributed by atoms with Crippen LogP contribution in [0, 0.1) is 6.92 Å². The molecule has 0 aromatic heterocycles. The Kier molecular flexibility index (Phi) is 2.49. The van der Waals surface area contributed by atoms with Crippen molar-refractivity contribution in [2.45, 2.75) is 13.5 Å². The fraction of sp³-hybridized carbons (Fsp3) is 0.200. The first-order valence-corrected chi connectivity index (χ1v) is 4.62. The van der Waals surface area contributed by atoms with Crippen molar-refractivity contribution in [3.63, 3.8) is 0 Å². The fourth-order valence-electron chi connectivity index (χ4n) is 1.31. The van der Waals surface area contributed by atoms with E-state index in [1.165, 1.54) is 16.8 Å². The lowest BCUT2D eigenvalue weighted by molar-refractivity contribution is -0.389. The highest BCUT2D eigenvalue weighted by Gasteiger charge is 2.18. The van der Waals surface area contributed by atoms with Gasteiger partial charge in [0.05, 0.1) is 12.7 Å². The van der Waals surface area contributed by atoms with Crippen molar-refractivity contribution < 1.29 is 10.1 Å². The predicted octanol–water partition coefficient (Wildman–Crippen LogP) is 1.11. The van der Waals surface area contributed by atoms with Crippen molar-refractivity contribution in [2.75, 3.05) is 0 Å². The van der Waals surface area contributed by atoms with Gasteiger partial charge in [-0.1, -0.05) is 35.1 Å². The SMILES string of the molecule is Cc1ccc(CN2C=C(N)N(O)O2)cc1. The van der Waals surface area contributed by atoms with Crippen molar-refractivity contribution in [3.05, 3.63) is 47.4 Å². The van der Waals surface area contributed by atoms with Crippen molar-refractivity contribution in [1.29, 1.82) is 0 Å². The highest BCUT2D eigenvalue weighted by atomic mass is 17.0. The Hall–Kier alpha value is -1.72. The van der Waals surface area contributed by atoms with E-state index in [-0.39, 0.29) is 5.82 Å². The molecule has 5 heteroatoms. The van der Waals surface area contributed by atoms with E-state index in [0.29, 0.717) is 11.8 Å². The summed E-state index contributed by atoms with van der Waals surface area (Å²) in [4.78, 5) is 4.91. The Labute approximate surface area is 87.8 Å². The van der Waals surface area contributed by atoms with Crippen molar-refractivity contribution in [3.8, 4) is 0 Å². The molecule has 1 heterocycles. The van der Waals surface area contributed by atoms with Gasteiger partial charge in [0, 0.05) is 0 Å². The lowest BCUT2D eigenvalue weighted by atomic mass is 10.1. The van der Waals surface area contributed by atoms with Crippen molar-refractivity contribution >= 4 is 0 Å². The molecule has 0 aliphatic carbocycles. The number of aryl methyl sites for hydroxylation is 1. The second kappa shape index (κ2) is 3.80. The largest absolute Gasteiger partial charge is 0.380 e. The van der Waals surface area contributed by atoms with E-state index in [2.05, 4.69) is 0 Å². The molecule has 5 nitrogen and oxygen atoms in total. The first-order chi connectivity index (χ1) is 7.15. The van der Waals surface area contributed by atoms with Gasteiger partial charge in [0.2, 0.25) is 0 Å². The van der Waals surface area contributed by atoms with Crippen LogP contribution >= 0.6 is 0 Å². The third kappa shape index (κ3) is 2.20. The van der Waals surface area contributed by atoms with Gasteiger partial charge < -0.3 is 5.73 Å². The summed E-state index contributed by atoms with van der Waals surface area (Å²) in [7, 11) is 0. The predicted molar refractivity (Wildman–Crippen MR) is 53.7 cm³/mol. The average molecular weight is 207 g/mol. The van der Waals surface area contributed by atoms with E-state index in [4.69, 9.17) is 15.9 Å². The van der Waals surface area contributed by atoms with Gasteiger partial charge in [-0.15, -0.1) is 4.94 Å². The molecular weight excluding hydrogens is 194 g/mol. The summed E-state index contributed by atoms with van der Waals surface area (Å²) in [5.41, 5.74) is 7.71. The number of hydrogen-bond acceptors (Lipinski definition) is 5. The quantitative estimate of drug-likeness (QED) is 0.760. The zero-order valence-corrected chi connectivity index (χ0v) is 8.42. The van der Waals surface area contributed by atoms with Gasteiger partial charge in [0.25, 0.3) is 0 Å². The van der Waals surface area contributed by atoms with Gasteiger partial charge in [0.1, 0.15) is 0 Å². The Morgan fingerprint density at radius 2 is 2.00 bits per heavy atom. The highest BCUT2D eigenvalue weighted by Crippen LogP contribution is 2.14. The van der Waals surface area contributed by atoms with Gasteiger partial charge >= 0.3 is 0 Å². The van der Waals surface area contributed by atoms with Gasteiger partial charge in [-0.2, -0.15) is 0 Å². The highest BCUT2D eigenvalue weighted by molar-refractivity contribution is 5.21. The van der Waals surface area contributed by atoms with Crippen molar-refractivity contribution in [2.24, 2.45) is 5.73 Å². The molecule has 1 aliphatic heterocycles. The molecule has 1 aromatic carbocycles. The van der Waals surface area contributed by atoms with E-state index in [1.54, 1.807) is 0 Å². The summed E-state index contributed by atoms with van der Waals surface area (Å²) >= 11 is 0. The molecule has 3 N–H and O–H groups in total. The summed E-state index contributed by atoms with van der Waals surface area (Å²) in [5.74, 6) is 0.169. The van der Waals surface area contributed by atoms with E-state index < -0.39 is 0 Å². The van der Waals surface area contributed by atoms with Crippen LogP contribution in [-0.2, 0) is 11.5 Å². The average Bonchev–Trinajstić information content (AvgIpc) is 2.50. The minimum atomic E-state index is 0.169.